The van der Waals surface area contributed by atoms with Gasteiger partial charge in [-0.15, -0.1) is 0 Å². The van der Waals surface area contributed by atoms with Crippen LogP contribution in [0, 0.1) is 0 Å². The van der Waals surface area contributed by atoms with E-state index in [1.54, 1.807) is 6.20 Å². The van der Waals surface area contributed by atoms with Gasteiger partial charge in [-0.1, -0.05) is 0 Å². The molecule has 0 aliphatic carbocycles. The van der Waals surface area contributed by atoms with Crippen LogP contribution in [0.2, 0.25) is 0 Å². The maximum Gasteiger partial charge on any atom is 0.257 e. The van der Waals surface area contributed by atoms with Crippen LogP contribution in [0.3, 0.4) is 0 Å². The summed E-state index contributed by atoms with van der Waals surface area (Å²) in [5, 5.41) is 6.42. The lowest BCUT2D eigenvalue weighted by atomic mass is 10.1. The van der Waals surface area contributed by atoms with Crippen LogP contribution in [0.15, 0.2) is 12.4 Å². The predicted molar refractivity (Wildman–Crippen MR) is 59.2 cm³/mol. The first kappa shape index (κ1) is 10.3. The van der Waals surface area contributed by atoms with E-state index < -0.39 is 0 Å². The molecule has 3 rings (SSSR count). The lowest BCUT2D eigenvalue weighted by Gasteiger charge is -2.37. The van der Waals surface area contributed by atoms with Crippen LogP contribution in [-0.2, 0) is 4.79 Å². The Morgan fingerprint density at radius 3 is 3.12 bits per heavy atom. The van der Waals surface area contributed by atoms with Gasteiger partial charge in [-0.2, -0.15) is 5.10 Å². The molecule has 3 heterocycles. The van der Waals surface area contributed by atoms with E-state index in [1.165, 1.54) is 6.20 Å². The fourth-order valence-corrected chi connectivity index (χ4v) is 2.60. The molecule has 0 radical (unpaired) electrons. The van der Waals surface area contributed by atoms with Crippen LogP contribution >= 0.6 is 0 Å². The number of hydrogen-bond acceptors (Lipinski definition) is 3. The Kier molecular flexibility index (Phi) is 2.35. The number of carbonyl (C=O) groups is 2. The molecule has 2 aliphatic rings. The Morgan fingerprint density at radius 2 is 2.35 bits per heavy atom. The number of amides is 2. The third-order valence-corrected chi connectivity index (χ3v) is 3.53. The first-order valence-corrected chi connectivity index (χ1v) is 5.83. The summed E-state index contributed by atoms with van der Waals surface area (Å²) in [5.41, 5.74) is 0.586. The summed E-state index contributed by atoms with van der Waals surface area (Å²) in [6.07, 6.45) is 4.63. The molecule has 0 bridgehead atoms. The molecule has 6 heteroatoms. The van der Waals surface area contributed by atoms with Gasteiger partial charge in [0.2, 0.25) is 5.91 Å². The number of aromatic amines is 1. The van der Waals surface area contributed by atoms with E-state index in [9.17, 15) is 9.59 Å². The zero-order valence-corrected chi connectivity index (χ0v) is 9.43. The minimum atomic E-state index is -0.00208. The zero-order valence-electron chi connectivity index (χ0n) is 9.43. The van der Waals surface area contributed by atoms with Crippen LogP contribution in [0.4, 0.5) is 0 Å². The SMILES string of the molecule is O=C(c1cn[nH]c1)N1CCN2C(=O)CCC2C1. The minimum Gasteiger partial charge on any atom is -0.336 e. The maximum absolute atomic E-state index is 12.1. The van der Waals surface area contributed by atoms with Gasteiger partial charge in [-0.05, 0) is 6.42 Å². The number of nitrogens with one attached hydrogen (secondary N) is 1. The van der Waals surface area contributed by atoms with Crippen LogP contribution < -0.4 is 0 Å². The number of fused-ring (bicyclic) bond motifs is 1. The van der Waals surface area contributed by atoms with Crippen molar-refractivity contribution >= 4 is 11.8 Å². The van der Waals surface area contributed by atoms with Crippen molar-refractivity contribution in [1.29, 1.82) is 0 Å². The normalized spacial score (nSPS) is 24.0. The molecule has 0 spiro atoms. The predicted octanol–water partition coefficient (Wildman–Crippen LogP) is -0.144. The van der Waals surface area contributed by atoms with Gasteiger partial charge in [-0.25, -0.2) is 0 Å². The van der Waals surface area contributed by atoms with Crippen molar-refractivity contribution in [3.8, 4) is 0 Å². The molecule has 2 fully saturated rings. The average molecular weight is 234 g/mol. The Morgan fingerprint density at radius 1 is 1.47 bits per heavy atom. The van der Waals surface area contributed by atoms with Crippen molar-refractivity contribution < 1.29 is 9.59 Å². The largest absolute Gasteiger partial charge is 0.336 e. The molecule has 2 amide bonds. The highest BCUT2D eigenvalue weighted by Crippen LogP contribution is 2.23. The van der Waals surface area contributed by atoms with Crippen molar-refractivity contribution in [2.45, 2.75) is 18.9 Å². The van der Waals surface area contributed by atoms with Crippen LogP contribution in [0.25, 0.3) is 0 Å². The summed E-state index contributed by atoms with van der Waals surface area (Å²) in [6, 6.07) is 0.215. The summed E-state index contributed by atoms with van der Waals surface area (Å²) < 4.78 is 0. The van der Waals surface area contributed by atoms with Crippen LogP contribution in [0.1, 0.15) is 23.2 Å². The molecule has 1 atom stereocenters. The molecule has 90 valence electrons. The quantitative estimate of drug-likeness (QED) is 0.735. The monoisotopic (exact) mass is 234 g/mol. The standard InChI is InChI=1S/C11H14N4O2/c16-10-2-1-9-7-14(3-4-15(9)10)11(17)8-5-12-13-6-8/h5-6,9H,1-4,7H2,(H,12,13). The van der Waals surface area contributed by atoms with E-state index in [0.717, 1.165) is 6.42 Å². The van der Waals surface area contributed by atoms with Gasteiger partial charge < -0.3 is 9.80 Å². The molecule has 1 N–H and O–H groups in total. The molecule has 0 saturated carbocycles. The summed E-state index contributed by atoms with van der Waals surface area (Å²) in [6.45, 7) is 1.93. The highest BCUT2D eigenvalue weighted by molar-refractivity contribution is 5.94. The molecular formula is C11H14N4O2. The molecule has 1 unspecified atom stereocenters. The van der Waals surface area contributed by atoms with Gasteiger partial charge in [0.1, 0.15) is 0 Å². The topological polar surface area (TPSA) is 69.3 Å². The Balaban J connectivity index is 1.71. The van der Waals surface area contributed by atoms with Gasteiger partial charge in [0.15, 0.2) is 0 Å². The molecule has 2 saturated heterocycles. The number of H-pyrrole nitrogens is 1. The van der Waals surface area contributed by atoms with E-state index >= 15 is 0 Å². The number of hydrogen-bond donors (Lipinski definition) is 1. The molecule has 2 aliphatic heterocycles. The van der Waals surface area contributed by atoms with Gasteiger partial charge in [0.05, 0.1) is 11.8 Å². The first-order chi connectivity index (χ1) is 8.25. The van der Waals surface area contributed by atoms with E-state index in [-0.39, 0.29) is 17.9 Å². The van der Waals surface area contributed by atoms with Crippen molar-refractivity contribution in [2.75, 3.05) is 19.6 Å². The van der Waals surface area contributed by atoms with E-state index in [0.29, 0.717) is 31.6 Å². The van der Waals surface area contributed by atoms with Crippen molar-refractivity contribution in [1.82, 2.24) is 20.0 Å². The molecule has 0 aromatic carbocycles. The third kappa shape index (κ3) is 1.69. The zero-order chi connectivity index (χ0) is 11.8. The third-order valence-electron chi connectivity index (χ3n) is 3.53. The smallest absolute Gasteiger partial charge is 0.257 e. The van der Waals surface area contributed by atoms with Crippen LogP contribution in [-0.4, -0.2) is 57.5 Å². The number of nitrogens with zero attached hydrogens (tertiary/aromatic N) is 3. The number of piperazine rings is 1. The second-order valence-electron chi connectivity index (χ2n) is 4.52. The fourth-order valence-electron chi connectivity index (χ4n) is 2.60. The van der Waals surface area contributed by atoms with E-state index in [2.05, 4.69) is 10.2 Å². The Hall–Kier alpha value is -1.85. The number of aromatic nitrogens is 2. The fraction of sp³-hybridized carbons (Fsp3) is 0.545. The lowest BCUT2D eigenvalue weighted by Crippen LogP contribution is -2.53. The van der Waals surface area contributed by atoms with E-state index in [4.69, 9.17) is 0 Å². The highest BCUT2D eigenvalue weighted by Gasteiger charge is 2.37. The summed E-state index contributed by atoms with van der Waals surface area (Å²) >= 11 is 0. The molecular weight excluding hydrogens is 220 g/mol. The lowest BCUT2D eigenvalue weighted by molar-refractivity contribution is -0.130. The number of rotatable bonds is 1. The second-order valence-corrected chi connectivity index (χ2v) is 4.52. The average Bonchev–Trinajstić information content (AvgIpc) is 2.98. The van der Waals surface area contributed by atoms with Crippen molar-refractivity contribution in [3.63, 3.8) is 0 Å². The first-order valence-electron chi connectivity index (χ1n) is 5.83. The van der Waals surface area contributed by atoms with Gasteiger partial charge >= 0.3 is 0 Å². The molecule has 1 aromatic rings. The van der Waals surface area contributed by atoms with Crippen LogP contribution in [0.5, 0.6) is 0 Å². The summed E-state index contributed by atoms with van der Waals surface area (Å²) in [4.78, 5) is 27.3. The highest BCUT2D eigenvalue weighted by atomic mass is 16.2. The maximum atomic E-state index is 12.1. The summed E-state index contributed by atoms with van der Waals surface area (Å²) in [5.74, 6) is 0.225. The molecule has 1 aromatic heterocycles. The van der Waals surface area contributed by atoms with Gasteiger partial charge in [0, 0.05) is 38.3 Å². The number of carbonyl (C=O) groups excluding carboxylic acids is 2. The Bertz CT molecular complexity index is 442. The summed E-state index contributed by atoms with van der Waals surface area (Å²) in [7, 11) is 0. The molecule has 6 nitrogen and oxygen atoms in total. The molecule has 17 heavy (non-hydrogen) atoms. The van der Waals surface area contributed by atoms with Crippen molar-refractivity contribution in [2.24, 2.45) is 0 Å². The van der Waals surface area contributed by atoms with E-state index in [1.807, 2.05) is 9.80 Å². The van der Waals surface area contributed by atoms with Gasteiger partial charge in [-0.3, -0.25) is 14.7 Å². The van der Waals surface area contributed by atoms with Crippen molar-refractivity contribution in [3.05, 3.63) is 18.0 Å². The Labute approximate surface area is 98.6 Å². The minimum absolute atomic E-state index is 0.00208. The van der Waals surface area contributed by atoms with Gasteiger partial charge in [0.25, 0.3) is 5.91 Å². The second kappa shape index (κ2) is 3.87.